The number of hydrogen-bond donors (Lipinski definition) is 2. The van der Waals surface area contributed by atoms with Crippen LogP contribution in [0.5, 0.6) is 0 Å². The summed E-state index contributed by atoms with van der Waals surface area (Å²) in [4.78, 5) is 11.3. The number of aliphatic hydroxyl groups is 2. The van der Waals surface area contributed by atoms with Crippen molar-refractivity contribution >= 4 is 5.97 Å². The number of esters is 1. The maximum absolute atomic E-state index is 11.3. The molecule has 0 aromatic heterocycles. The molecule has 1 heterocycles. The van der Waals surface area contributed by atoms with Crippen LogP contribution in [0.4, 0.5) is 0 Å². The number of ether oxygens (including phenoxy) is 1. The van der Waals surface area contributed by atoms with E-state index in [4.69, 9.17) is 4.74 Å². The summed E-state index contributed by atoms with van der Waals surface area (Å²) in [5.41, 5.74) is 0. The second-order valence-corrected chi connectivity index (χ2v) is 4.35. The minimum absolute atomic E-state index is 0.0556. The zero-order chi connectivity index (χ0) is 9.16. The third-order valence-electron chi connectivity index (χ3n) is 3.90. The number of rotatable bonds is 0. The maximum Gasteiger partial charge on any atom is 0.309 e. The third-order valence-corrected chi connectivity index (χ3v) is 3.90. The van der Waals surface area contributed by atoms with Gasteiger partial charge in [0.15, 0.2) is 0 Å². The Morgan fingerprint density at radius 1 is 1.31 bits per heavy atom. The van der Waals surface area contributed by atoms with Crippen LogP contribution in [0.3, 0.4) is 0 Å². The molecule has 0 unspecified atom stereocenters. The summed E-state index contributed by atoms with van der Waals surface area (Å²) in [5.74, 6) is -0.426. The van der Waals surface area contributed by atoms with Crippen LogP contribution in [0.15, 0.2) is 0 Å². The van der Waals surface area contributed by atoms with Crippen molar-refractivity contribution < 1.29 is 19.7 Å². The fraction of sp³-hybridized carbons (Fsp3) is 0.889. The number of cyclic esters (lactones) is 1. The van der Waals surface area contributed by atoms with Gasteiger partial charge in [0.2, 0.25) is 0 Å². The van der Waals surface area contributed by atoms with Crippen LogP contribution in [0.2, 0.25) is 0 Å². The Morgan fingerprint density at radius 2 is 2.08 bits per heavy atom. The largest absolute Gasteiger partial charge is 0.465 e. The highest BCUT2D eigenvalue weighted by Crippen LogP contribution is 2.55. The van der Waals surface area contributed by atoms with Gasteiger partial charge in [-0.25, -0.2) is 0 Å². The van der Waals surface area contributed by atoms with Gasteiger partial charge in [-0.2, -0.15) is 0 Å². The van der Waals surface area contributed by atoms with Crippen molar-refractivity contribution in [3.05, 3.63) is 0 Å². The molecule has 1 saturated heterocycles. The van der Waals surface area contributed by atoms with Gasteiger partial charge in [0.1, 0.15) is 0 Å². The smallest absolute Gasteiger partial charge is 0.309 e. The average Bonchev–Trinajstić information content (AvgIpc) is 2.64. The number of fused-ring (bicyclic) bond motifs is 5. The summed E-state index contributed by atoms with van der Waals surface area (Å²) >= 11 is 0. The van der Waals surface area contributed by atoms with E-state index in [0.717, 1.165) is 0 Å². The lowest BCUT2D eigenvalue weighted by Crippen LogP contribution is -2.31. The van der Waals surface area contributed by atoms with Gasteiger partial charge in [-0.15, -0.1) is 0 Å². The van der Waals surface area contributed by atoms with Gasteiger partial charge in [-0.3, -0.25) is 4.79 Å². The van der Waals surface area contributed by atoms with Crippen LogP contribution in [-0.4, -0.2) is 35.0 Å². The Kier molecular flexibility index (Phi) is 1.34. The van der Waals surface area contributed by atoms with Crippen LogP contribution in [0.25, 0.3) is 0 Å². The zero-order valence-corrected chi connectivity index (χ0v) is 7.09. The highest BCUT2D eigenvalue weighted by Gasteiger charge is 2.63. The first kappa shape index (κ1) is 7.76. The summed E-state index contributed by atoms with van der Waals surface area (Å²) in [6.07, 6.45) is -0.365. The topological polar surface area (TPSA) is 66.8 Å². The molecular formula is C9H12O4. The minimum atomic E-state index is -0.488. The summed E-state index contributed by atoms with van der Waals surface area (Å²) in [6.45, 7) is 0.388. The summed E-state index contributed by atoms with van der Waals surface area (Å²) in [6, 6.07) is 0. The molecule has 13 heavy (non-hydrogen) atoms. The van der Waals surface area contributed by atoms with E-state index in [1.807, 2.05) is 0 Å². The fourth-order valence-electron chi connectivity index (χ4n) is 3.38. The monoisotopic (exact) mass is 184 g/mol. The Labute approximate surface area is 75.5 Å². The third kappa shape index (κ3) is 0.758. The summed E-state index contributed by atoms with van der Waals surface area (Å²) in [7, 11) is 0. The van der Waals surface area contributed by atoms with Crippen molar-refractivity contribution in [1.82, 2.24) is 0 Å². The molecule has 0 spiro atoms. The van der Waals surface area contributed by atoms with E-state index >= 15 is 0 Å². The van der Waals surface area contributed by atoms with Crippen molar-refractivity contribution in [3.63, 3.8) is 0 Å². The summed E-state index contributed by atoms with van der Waals surface area (Å²) in [5, 5.41) is 19.4. The molecule has 1 aliphatic heterocycles. The Hall–Kier alpha value is -0.610. The molecule has 0 radical (unpaired) electrons. The summed E-state index contributed by atoms with van der Waals surface area (Å²) < 4.78 is 4.94. The van der Waals surface area contributed by atoms with Gasteiger partial charge in [0.05, 0.1) is 24.7 Å². The molecule has 2 bridgehead atoms. The molecule has 3 fully saturated rings. The normalized spacial score (nSPS) is 58.2. The lowest BCUT2D eigenvalue weighted by Gasteiger charge is -2.23. The van der Waals surface area contributed by atoms with E-state index in [9.17, 15) is 15.0 Å². The van der Waals surface area contributed by atoms with Crippen LogP contribution in [-0.2, 0) is 9.53 Å². The Bertz CT molecular complexity index is 262. The van der Waals surface area contributed by atoms with Gasteiger partial charge in [0, 0.05) is 17.8 Å². The number of hydrogen-bond acceptors (Lipinski definition) is 4. The fourth-order valence-corrected chi connectivity index (χ4v) is 3.38. The van der Waals surface area contributed by atoms with E-state index in [2.05, 4.69) is 0 Å². The first-order valence-electron chi connectivity index (χ1n) is 4.73. The predicted octanol–water partition coefficient (Wildman–Crippen LogP) is -0.853. The molecule has 2 aliphatic carbocycles. The van der Waals surface area contributed by atoms with Crippen molar-refractivity contribution in [2.45, 2.75) is 18.6 Å². The van der Waals surface area contributed by atoms with E-state index < -0.39 is 12.2 Å². The number of aliphatic hydroxyl groups excluding tert-OH is 2. The Morgan fingerprint density at radius 3 is 2.85 bits per heavy atom. The van der Waals surface area contributed by atoms with Crippen LogP contribution < -0.4 is 0 Å². The standard InChI is InChI=1S/C9H12O4/c10-5-1-3-6-4(2-13-9(6)12)7(5)8(3)11/h3-8,10-11H,1-2H2/t3-,4+,5-,6+,7-,8+/m1/s1. The molecule has 2 N–H and O–H groups in total. The molecule has 2 saturated carbocycles. The molecule has 0 aromatic rings. The molecule has 3 rings (SSSR count). The first-order chi connectivity index (χ1) is 6.20. The molecule has 3 aliphatic rings. The van der Waals surface area contributed by atoms with Crippen LogP contribution in [0, 0.1) is 23.7 Å². The quantitative estimate of drug-likeness (QED) is 0.481. The van der Waals surface area contributed by atoms with Gasteiger partial charge in [-0.1, -0.05) is 0 Å². The first-order valence-corrected chi connectivity index (χ1v) is 4.73. The van der Waals surface area contributed by atoms with Crippen molar-refractivity contribution in [1.29, 1.82) is 0 Å². The van der Waals surface area contributed by atoms with Crippen molar-refractivity contribution in [2.75, 3.05) is 6.61 Å². The molecular weight excluding hydrogens is 172 g/mol. The second kappa shape index (κ2) is 2.25. The molecule has 4 heteroatoms. The highest BCUT2D eigenvalue weighted by molar-refractivity contribution is 5.76. The van der Waals surface area contributed by atoms with Crippen LogP contribution in [0.1, 0.15) is 6.42 Å². The van der Waals surface area contributed by atoms with Gasteiger partial charge >= 0.3 is 5.97 Å². The van der Waals surface area contributed by atoms with E-state index in [-0.39, 0.29) is 29.6 Å². The number of carbonyl (C=O) groups excluding carboxylic acids is 1. The van der Waals surface area contributed by atoms with E-state index in [1.165, 1.54) is 0 Å². The molecule has 72 valence electrons. The molecule has 0 aromatic carbocycles. The maximum atomic E-state index is 11.3. The molecule has 6 atom stereocenters. The highest BCUT2D eigenvalue weighted by atomic mass is 16.5. The molecule has 0 amide bonds. The number of carbonyl (C=O) groups is 1. The Balaban J connectivity index is 1.98. The van der Waals surface area contributed by atoms with E-state index in [1.54, 1.807) is 0 Å². The molecule has 4 nitrogen and oxygen atoms in total. The minimum Gasteiger partial charge on any atom is -0.465 e. The zero-order valence-electron chi connectivity index (χ0n) is 7.09. The van der Waals surface area contributed by atoms with Crippen LogP contribution >= 0.6 is 0 Å². The van der Waals surface area contributed by atoms with Gasteiger partial charge < -0.3 is 14.9 Å². The SMILES string of the molecule is O=C1OC[C@H]2[C@@H]1[C@H]1C[C@@H](O)[C@@H]2[C@H]1O. The lowest BCUT2D eigenvalue weighted by molar-refractivity contribution is -0.143. The van der Waals surface area contributed by atoms with Crippen molar-refractivity contribution in [2.24, 2.45) is 23.7 Å². The van der Waals surface area contributed by atoms with Gasteiger partial charge in [0.25, 0.3) is 0 Å². The van der Waals surface area contributed by atoms with Gasteiger partial charge in [-0.05, 0) is 6.42 Å². The average molecular weight is 184 g/mol. The van der Waals surface area contributed by atoms with E-state index in [0.29, 0.717) is 13.0 Å². The predicted molar refractivity (Wildman–Crippen MR) is 41.5 cm³/mol. The second-order valence-electron chi connectivity index (χ2n) is 4.35. The van der Waals surface area contributed by atoms with Crippen molar-refractivity contribution in [3.8, 4) is 0 Å². The lowest BCUT2D eigenvalue weighted by atomic mass is 9.80.